The van der Waals surface area contributed by atoms with Gasteiger partial charge in [0.1, 0.15) is 0 Å². The molecular formula is C8H19NO. The molecule has 0 fully saturated rings. The number of nitrogens with one attached hydrogen (secondary N) is 1. The number of hydrogen-bond acceptors (Lipinski definition) is 2. The Bertz CT molecular complexity index is 66.3. The molecule has 0 aromatic carbocycles. The van der Waals surface area contributed by atoms with Crippen LogP contribution in [-0.2, 0) is 4.74 Å². The number of likely N-dealkylation sites (N-methyl/N-ethyl adjacent to an activating group) is 1. The van der Waals surface area contributed by atoms with E-state index in [0.29, 0.717) is 6.04 Å². The van der Waals surface area contributed by atoms with Crippen LogP contribution in [0.15, 0.2) is 0 Å². The smallest absolute Gasteiger partial charge is 0.0619 e. The minimum Gasteiger partial charge on any atom is -0.380 e. The number of hydrogen-bond donors (Lipinski definition) is 1. The minimum absolute atomic E-state index is 0.546. The molecule has 1 atom stereocenters. The summed E-state index contributed by atoms with van der Waals surface area (Å²) in [6.45, 7) is 5.89. The Labute approximate surface area is 64.0 Å². The summed E-state index contributed by atoms with van der Waals surface area (Å²) in [5.74, 6) is 0. The van der Waals surface area contributed by atoms with E-state index >= 15 is 0 Å². The number of ether oxygens (including phenoxy) is 1. The molecule has 0 bridgehead atoms. The van der Waals surface area contributed by atoms with E-state index in [1.54, 1.807) is 0 Å². The van der Waals surface area contributed by atoms with Crippen LogP contribution in [0, 0.1) is 0 Å². The van der Waals surface area contributed by atoms with Crippen LogP contribution in [0.2, 0.25) is 0 Å². The fourth-order valence-corrected chi connectivity index (χ4v) is 0.920. The topological polar surface area (TPSA) is 21.3 Å². The van der Waals surface area contributed by atoms with E-state index in [1.165, 1.54) is 12.8 Å². The summed E-state index contributed by atoms with van der Waals surface area (Å²) < 4.78 is 5.28. The third-order valence-electron chi connectivity index (χ3n) is 1.57. The lowest BCUT2D eigenvalue weighted by molar-refractivity contribution is 0.122. The maximum Gasteiger partial charge on any atom is 0.0619 e. The van der Waals surface area contributed by atoms with E-state index in [2.05, 4.69) is 12.2 Å². The second-order valence-electron chi connectivity index (χ2n) is 2.43. The van der Waals surface area contributed by atoms with Crippen LogP contribution in [0.5, 0.6) is 0 Å². The fraction of sp³-hybridized carbons (Fsp3) is 1.00. The van der Waals surface area contributed by atoms with Crippen molar-refractivity contribution in [2.24, 2.45) is 0 Å². The molecule has 0 saturated heterocycles. The van der Waals surface area contributed by atoms with Gasteiger partial charge in [-0.05, 0) is 20.4 Å². The second-order valence-corrected chi connectivity index (χ2v) is 2.43. The largest absolute Gasteiger partial charge is 0.380 e. The summed E-state index contributed by atoms with van der Waals surface area (Å²) in [7, 11) is 1.99. The highest BCUT2D eigenvalue weighted by Crippen LogP contribution is 1.95. The molecule has 10 heavy (non-hydrogen) atoms. The summed E-state index contributed by atoms with van der Waals surface area (Å²) in [6.07, 6.45) is 2.43. The average Bonchev–Trinajstić information content (AvgIpc) is 1.98. The molecule has 1 N–H and O–H groups in total. The molecule has 0 spiro atoms. The summed E-state index contributed by atoms with van der Waals surface area (Å²) in [4.78, 5) is 0. The molecule has 2 heteroatoms. The predicted molar refractivity (Wildman–Crippen MR) is 44.2 cm³/mol. The lowest BCUT2D eigenvalue weighted by atomic mass is 10.2. The fourth-order valence-electron chi connectivity index (χ4n) is 0.920. The molecule has 0 aliphatic carbocycles. The predicted octanol–water partition coefficient (Wildman–Crippen LogP) is 1.41. The van der Waals surface area contributed by atoms with Gasteiger partial charge in [0.25, 0.3) is 0 Å². The lowest BCUT2D eigenvalue weighted by Gasteiger charge is -2.13. The van der Waals surface area contributed by atoms with Gasteiger partial charge >= 0.3 is 0 Å². The first-order valence-electron chi connectivity index (χ1n) is 4.10. The van der Waals surface area contributed by atoms with E-state index in [1.807, 2.05) is 14.0 Å². The van der Waals surface area contributed by atoms with Gasteiger partial charge in [0.05, 0.1) is 6.61 Å². The molecule has 0 amide bonds. The first-order valence-corrected chi connectivity index (χ1v) is 4.10. The van der Waals surface area contributed by atoms with Gasteiger partial charge < -0.3 is 10.1 Å². The third kappa shape index (κ3) is 4.77. The first-order chi connectivity index (χ1) is 4.85. The zero-order chi connectivity index (χ0) is 7.82. The average molecular weight is 145 g/mol. The Kier molecular flexibility index (Phi) is 6.98. The van der Waals surface area contributed by atoms with Gasteiger partial charge in [0.15, 0.2) is 0 Å². The molecule has 0 heterocycles. The van der Waals surface area contributed by atoms with Crippen LogP contribution in [0.1, 0.15) is 26.7 Å². The van der Waals surface area contributed by atoms with Crippen molar-refractivity contribution in [3.05, 3.63) is 0 Å². The Hall–Kier alpha value is -0.0800. The van der Waals surface area contributed by atoms with Gasteiger partial charge in [-0.1, -0.05) is 13.3 Å². The zero-order valence-electron chi connectivity index (χ0n) is 7.31. The van der Waals surface area contributed by atoms with Crippen LogP contribution in [-0.4, -0.2) is 26.3 Å². The maximum absolute atomic E-state index is 5.28. The molecule has 2 nitrogen and oxygen atoms in total. The normalized spacial score (nSPS) is 13.5. The highest BCUT2D eigenvalue weighted by atomic mass is 16.5. The first kappa shape index (κ1) is 9.92. The van der Waals surface area contributed by atoms with Crippen LogP contribution < -0.4 is 5.32 Å². The second kappa shape index (κ2) is 7.03. The van der Waals surface area contributed by atoms with Gasteiger partial charge in [0, 0.05) is 12.6 Å². The maximum atomic E-state index is 5.28. The molecule has 0 aliphatic heterocycles. The van der Waals surface area contributed by atoms with Gasteiger partial charge in [-0.25, -0.2) is 0 Å². The standard InChI is InChI=1S/C8H19NO/c1-4-6-8(9-3)7-10-5-2/h8-9H,4-7H2,1-3H3. The number of rotatable bonds is 6. The monoisotopic (exact) mass is 145 g/mol. The van der Waals surface area contributed by atoms with E-state index in [9.17, 15) is 0 Å². The highest BCUT2D eigenvalue weighted by Gasteiger charge is 2.02. The molecule has 0 rings (SSSR count). The van der Waals surface area contributed by atoms with Crippen LogP contribution >= 0.6 is 0 Å². The van der Waals surface area contributed by atoms with Crippen molar-refractivity contribution in [2.45, 2.75) is 32.7 Å². The quantitative estimate of drug-likeness (QED) is 0.610. The molecule has 0 saturated carbocycles. The van der Waals surface area contributed by atoms with Gasteiger partial charge in [0.2, 0.25) is 0 Å². The van der Waals surface area contributed by atoms with Crippen molar-refractivity contribution in [3.8, 4) is 0 Å². The molecule has 1 unspecified atom stereocenters. The van der Waals surface area contributed by atoms with Gasteiger partial charge in [-0.15, -0.1) is 0 Å². The summed E-state index contributed by atoms with van der Waals surface area (Å²) in [5, 5.41) is 3.21. The molecular weight excluding hydrogens is 126 g/mol. The summed E-state index contributed by atoms with van der Waals surface area (Å²) in [6, 6.07) is 0.546. The molecule has 0 radical (unpaired) electrons. The molecule has 62 valence electrons. The van der Waals surface area contributed by atoms with E-state index < -0.39 is 0 Å². The van der Waals surface area contributed by atoms with E-state index in [-0.39, 0.29) is 0 Å². The van der Waals surface area contributed by atoms with Crippen LogP contribution in [0.25, 0.3) is 0 Å². The van der Waals surface area contributed by atoms with Crippen LogP contribution in [0.3, 0.4) is 0 Å². The molecule has 0 aromatic heterocycles. The highest BCUT2D eigenvalue weighted by molar-refractivity contribution is 4.61. The lowest BCUT2D eigenvalue weighted by Crippen LogP contribution is -2.30. The Morgan fingerprint density at radius 1 is 1.40 bits per heavy atom. The van der Waals surface area contributed by atoms with E-state index in [0.717, 1.165) is 13.2 Å². The Morgan fingerprint density at radius 3 is 2.50 bits per heavy atom. The Balaban J connectivity index is 3.21. The minimum atomic E-state index is 0.546. The van der Waals surface area contributed by atoms with Crippen molar-refractivity contribution >= 4 is 0 Å². The van der Waals surface area contributed by atoms with Gasteiger partial charge in [-0.3, -0.25) is 0 Å². The van der Waals surface area contributed by atoms with Crippen molar-refractivity contribution in [1.29, 1.82) is 0 Å². The van der Waals surface area contributed by atoms with Crippen molar-refractivity contribution in [1.82, 2.24) is 5.32 Å². The molecule has 0 aliphatic rings. The van der Waals surface area contributed by atoms with Crippen molar-refractivity contribution in [3.63, 3.8) is 0 Å². The van der Waals surface area contributed by atoms with Gasteiger partial charge in [-0.2, -0.15) is 0 Å². The zero-order valence-corrected chi connectivity index (χ0v) is 7.31. The SMILES string of the molecule is CCCC(COCC)NC. The van der Waals surface area contributed by atoms with Crippen LogP contribution in [0.4, 0.5) is 0 Å². The summed E-state index contributed by atoms with van der Waals surface area (Å²) in [5.41, 5.74) is 0. The van der Waals surface area contributed by atoms with Crippen molar-refractivity contribution < 1.29 is 4.74 Å². The molecule has 0 aromatic rings. The van der Waals surface area contributed by atoms with Crippen molar-refractivity contribution in [2.75, 3.05) is 20.3 Å². The third-order valence-corrected chi connectivity index (χ3v) is 1.57. The summed E-state index contributed by atoms with van der Waals surface area (Å²) >= 11 is 0. The van der Waals surface area contributed by atoms with E-state index in [4.69, 9.17) is 4.74 Å². The Morgan fingerprint density at radius 2 is 2.10 bits per heavy atom.